The number of aromatic amines is 1. The van der Waals surface area contributed by atoms with Crippen LogP contribution in [0.5, 0.6) is 0 Å². The van der Waals surface area contributed by atoms with Gasteiger partial charge in [0.2, 0.25) is 0 Å². The average molecular weight is 256 g/mol. The van der Waals surface area contributed by atoms with Crippen LogP contribution in [-0.2, 0) is 11.5 Å². The summed E-state index contributed by atoms with van der Waals surface area (Å²) < 4.78 is 4.94. The van der Waals surface area contributed by atoms with Crippen LogP contribution in [0, 0.1) is 0 Å². The highest BCUT2D eigenvalue weighted by Crippen LogP contribution is 2.20. The molecule has 0 fully saturated rings. The summed E-state index contributed by atoms with van der Waals surface area (Å²) in [6, 6.07) is 10.1. The molecule has 1 aromatic carbocycles. The molecule has 1 heterocycles. The first kappa shape index (κ1) is 11.4. The minimum Gasteiger partial charge on any atom is -0.381 e. The molecule has 0 amide bonds. The fourth-order valence-corrected chi connectivity index (χ4v) is 2.39. The van der Waals surface area contributed by atoms with Crippen molar-refractivity contribution in [1.29, 1.82) is 0 Å². The molecule has 0 bridgehead atoms. The van der Waals surface area contributed by atoms with E-state index in [-0.39, 0.29) is 10.6 Å². The SMILES string of the molecule is O=c1[nH]oc(CSCc2ccccc2)c1Cl. The summed E-state index contributed by atoms with van der Waals surface area (Å²) in [5.41, 5.74) is 0.874. The van der Waals surface area contributed by atoms with Crippen molar-refractivity contribution in [2.24, 2.45) is 0 Å². The van der Waals surface area contributed by atoms with Crippen molar-refractivity contribution in [2.75, 3.05) is 0 Å². The van der Waals surface area contributed by atoms with E-state index in [4.69, 9.17) is 16.1 Å². The minimum atomic E-state index is -0.364. The summed E-state index contributed by atoms with van der Waals surface area (Å²) in [7, 11) is 0. The van der Waals surface area contributed by atoms with Gasteiger partial charge in [0, 0.05) is 5.75 Å². The summed E-state index contributed by atoms with van der Waals surface area (Å²) in [6.45, 7) is 0. The van der Waals surface area contributed by atoms with Crippen LogP contribution in [-0.4, -0.2) is 5.16 Å². The lowest BCUT2D eigenvalue weighted by Gasteiger charge is -1.99. The number of hydrogen-bond acceptors (Lipinski definition) is 3. The van der Waals surface area contributed by atoms with Gasteiger partial charge in [0.1, 0.15) is 0 Å². The van der Waals surface area contributed by atoms with E-state index >= 15 is 0 Å². The van der Waals surface area contributed by atoms with Crippen LogP contribution >= 0.6 is 23.4 Å². The summed E-state index contributed by atoms with van der Waals surface area (Å²) in [6.07, 6.45) is 0. The molecule has 0 radical (unpaired) electrons. The first-order valence-electron chi connectivity index (χ1n) is 4.75. The van der Waals surface area contributed by atoms with Gasteiger partial charge in [-0.25, -0.2) is 0 Å². The van der Waals surface area contributed by atoms with Gasteiger partial charge in [-0.2, -0.15) is 5.16 Å². The van der Waals surface area contributed by atoms with Gasteiger partial charge < -0.3 is 4.52 Å². The van der Waals surface area contributed by atoms with Crippen molar-refractivity contribution in [1.82, 2.24) is 5.16 Å². The standard InChI is InChI=1S/C11H10ClNO2S/c12-10-9(15-13-11(10)14)7-16-6-8-4-2-1-3-5-8/h1-5H,6-7H2,(H,13,14). The number of H-pyrrole nitrogens is 1. The molecular weight excluding hydrogens is 246 g/mol. The smallest absolute Gasteiger partial charge is 0.298 e. The van der Waals surface area contributed by atoms with Crippen molar-refractivity contribution in [2.45, 2.75) is 11.5 Å². The van der Waals surface area contributed by atoms with Crippen LogP contribution in [0.4, 0.5) is 0 Å². The molecule has 0 spiro atoms. The van der Waals surface area contributed by atoms with Crippen LogP contribution in [0.1, 0.15) is 11.3 Å². The van der Waals surface area contributed by atoms with Gasteiger partial charge in [-0.05, 0) is 5.56 Å². The highest BCUT2D eigenvalue weighted by atomic mass is 35.5. The fraction of sp³-hybridized carbons (Fsp3) is 0.182. The second-order valence-electron chi connectivity index (χ2n) is 3.25. The molecule has 3 nitrogen and oxygen atoms in total. The molecule has 1 N–H and O–H groups in total. The number of aromatic nitrogens is 1. The third-order valence-electron chi connectivity index (χ3n) is 2.06. The van der Waals surface area contributed by atoms with E-state index in [9.17, 15) is 4.79 Å². The van der Waals surface area contributed by atoms with E-state index in [2.05, 4.69) is 17.3 Å². The van der Waals surface area contributed by atoms with Gasteiger partial charge in [0.15, 0.2) is 10.8 Å². The van der Waals surface area contributed by atoms with Gasteiger partial charge in [-0.3, -0.25) is 4.79 Å². The summed E-state index contributed by atoms with van der Waals surface area (Å²) in [5.74, 6) is 1.96. The van der Waals surface area contributed by atoms with E-state index < -0.39 is 0 Å². The molecule has 2 aromatic rings. The lowest BCUT2D eigenvalue weighted by atomic mass is 10.2. The predicted molar refractivity (Wildman–Crippen MR) is 65.8 cm³/mol. The Bertz CT molecular complexity index is 506. The number of halogens is 1. The summed E-state index contributed by atoms with van der Waals surface area (Å²) in [4.78, 5) is 11.0. The molecule has 0 atom stereocenters. The highest BCUT2D eigenvalue weighted by Gasteiger charge is 2.09. The fourth-order valence-electron chi connectivity index (χ4n) is 1.25. The summed E-state index contributed by atoms with van der Waals surface area (Å²) >= 11 is 7.39. The van der Waals surface area contributed by atoms with Crippen molar-refractivity contribution in [3.63, 3.8) is 0 Å². The molecule has 84 valence electrons. The second kappa shape index (κ2) is 5.27. The molecule has 0 unspecified atom stereocenters. The Kier molecular flexibility index (Phi) is 3.74. The molecule has 2 rings (SSSR count). The molecular formula is C11H10ClNO2S. The summed E-state index contributed by atoms with van der Waals surface area (Å²) in [5, 5.41) is 2.36. The van der Waals surface area contributed by atoms with E-state index in [1.54, 1.807) is 11.8 Å². The molecule has 0 saturated carbocycles. The molecule has 5 heteroatoms. The third kappa shape index (κ3) is 2.71. The first-order valence-corrected chi connectivity index (χ1v) is 6.28. The lowest BCUT2D eigenvalue weighted by Crippen LogP contribution is -1.96. The lowest BCUT2D eigenvalue weighted by molar-refractivity contribution is 0.390. The maximum atomic E-state index is 11.0. The predicted octanol–water partition coefficient (Wildman–Crippen LogP) is 3.05. The van der Waals surface area contributed by atoms with Crippen molar-refractivity contribution < 1.29 is 4.52 Å². The Labute approximate surface area is 102 Å². The van der Waals surface area contributed by atoms with Gasteiger partial charge >= 0.3 is 0 Å². The molecule has 0 aliphatic carbocycles. The highest BCUT2D eigenvalue weighted by molar-refractivity contribution is 7.97. The van der Waals surface area contributed by atoms with Crippen LogP contribution in [0.2, 0.25) is 5.02 Å². The normalized spacial score (nSPS) is 10.6. The van der Waals surface area contributed by atoms with Crippen LogP contribution in [0.15, 0.2) is 39.6 Å². The Morgan fingerprint density at radius 3 is 2.62 bits per heavy atom. The maximum absolute atomic E-state index is 11.0. The molecule has 1 aromatic heterocycles. The number of benzene rings is 1. The average Bonchev–Trinajstić information content (AvgIpc) is 2.62. The zero-order valence-electron chi connectivity index (χ0n) is 8.40. The largest absolute Gasteiger partial charge is 0.381 e. The molecule has 0 saturated heterocycles. The number of rotatable bonds is 4. The van der Waals surface area contributed by atoms with E-state index in [0.717, 1.165) is 5.75 Å². The van der Waals surface area contributed by atoms with E-state index in [1.165, 1.54) is 5.56 Å². The number of thioether (sulfide) groups is 1. The van der Waals surface area contributed by atoms with Gasteiger partial charge in [-0.1, -0.05) is 41.9 Å². The zero-order chi connectivity index (χ0) is 11.4. The molecule has 16 heavy (non-hydrogen) atoms. The Hall–Kier alpha value is -1.13. The number of hydrogen-bond donors (Lipinski definition) is 1. The van der Waals surface area contributed by atoms with Crippen molar-refractivity contribution in [3.05, 3.63) is 57.0 Å². The molecule has 0 aliphatic rings. The van der Waals surface area contributed by atoms with Crippen LogP contribution in [0.25, 0.3) is 0 Å². The Morgan fingerprint density at radius 1 is 1.25 bits per heavy atom. The van der Waals surface area contributed by atoms with Crippen LogP contribution < -0.4 is 5.56 Å². The van der Waals surface area contributed by atoms with Gasteiger partial charge in [0.05, 0.1) is 5.75 Å². The Balaban J connectivity index is 1.89. The van der Waals surface area contributed by atoms with Gasteiger partial charge in [0.25, 0.3) is 5.56 Å². The van der Waals surface area contributed by atoms with Crippen molar-refractivity contribution in [3.8, 4) is 0 Å². The van der Waals surface area contributed by atoms with E-state index in [1.807, 2.05) is 18.2 Å². The zero-order valence-corrected chi connectivity index (χ0v) is 9.98. The molecule has 0 aliphatic heterocycles. The Morgan fingerprint density at radius 2 is 2.00 bits per heavy atom. The quantitative estimate of drug-likeness (QED) is 0.913. The van der Waals surface area contributed by atoms with Crippen molar-refractivity contribution >= 4 is 23.4 Å². The van der Waals surface area contributed by atoms with Crippen LogP contribution in [0.3, 0.4) is 0 Å². The number of nitrogens with one attached hydrogen (secondary N) is 1. The van der Waals surface area contributed by atoms with Gasteiger partial charge in [-0.15, -0.1) is 11.8 Å². The minimum absolute atomic E-state index is 0.153. The topological polar surface area (TPSA) is 46.0 Å². The first-order chi connectivity index (χ1) is 7.77. The monoisotopic (exact) mass is 255 g/mol. The second-order valence-corrected chi connectivity index (χ2v) is 4.61. The van der Waals surface area contributed by atoms with E-state index in [0.29, 0.717) is 11.5 Å². The maximum Gasteiger partial charge on any atom is 0.298 e. The third-order valence-corrected chi connectivity index (χ3v) is 3.44.